The molecular formula is C15H15BrN2O4. The van der Waals surface area contributed by atoms with Crippen LogP contribution in [0.2, 0.25) is 0 Å². The number of ether oxygens (including phenoxy) is 1. The molecule has 1 aromatic carbocycles. The van der Waals surface area contributed by atoms with Gasteiger partial charge in [-0.2, -0.15) is 5.26 Å². The van der Waals surface area contributed by atoms with Gasteiger partial charge < -0.3 is 4.74 Å². The number of nitro groups is 1. The van der Waals surface area contributed by atoms with E-state index in [1.54, 1.807) is 20.8 Å². The van der Waals surface area contributed by atoms with Gasteiger partial charge in [0, 0.05) is 6.07 Å². The van der Waals surface area contributed by atoms with Crippen molar-refractivity contribution in [2.24, 2.45) is 5.92 Å². The Hall–Kier alpha value is -1.94. The zero-order chi connectivity index (χ0) is 16.7. The number of benzene rings is 1. The van der Waals surface area contributed by atoms with Crippen molar-refractivity contribution in [3.8, 4) is 6.07 Å². The largest absolute Gasteiger partial charge is 0.459 e. The second kappa shape index (κ2) is 5.36. The Morgan fingerprint density at radius 2 is 2.18 bits per heavy atom. The van der Waals surface area contributed by atoms with E-state index >= 15 is 0 Å². The summed E-state index contributed by atoms with van der Waals surface area (Å²) in [6, 6.07) is 6.48. The van der Waals surface area contributed by atoms with Gasteiger partial charge in [-0.05, 0) is 54.8 Å². The second-order valence-corrected chi connectivity index (χ2v) is 7.14. The number of nitro benzene ring substituents is 1. The summed E-state index contributed by atoms with van der Waals surface area (Å²) in [4.78, 5) is 22.9. The van der Waals surface area contributed by atoms with Gasteiger partial charge >= 0.3 is 5.97 Å². The summed E-state index contributed by atoms with van der Waals surface area (Å²) >= 11 is 3.14. The lowest BCUT2D eigenvalue weighted by Crippen LogP contribution is -2.33. The molecule has 22 heavy (non-hydrogen) atoms. The molecule has 2 atom stereocenters. The molecule has 0 radical (unpaired) electrons. The minimum Gasteiger partial charge on any atom is -0.459 e. The van der Waals surface area contributed by atoms with Crippen molar-refractivity contribution in [3.05, 3.63) is 38.3 Å². The zero-order valence-corrected chi connectivity index (χ0v) is 14.0. The quantitative estimate of drug-likeness (QED) is 0.463. The highest BCUT2D eigenvalue weighted by Gasteiger charge is 2.63. The summed E-state index contributed by atoms with van der Waals surface area (Å²) in [6.07, 6.45) is 0.364. The SMILES string of the molecule is CC(C)(C)OC(=O)C1(c2ccc([N+](=O)[O-])c(Br)c2)CC1C#N. The highest BCUT2D eigenvalue weighted by molar-refractivity contribution is 9.10. The molecule has 0 N–H and O–H groups in total. The molecule has 1 aliphatic rings. The van der Waals surface area contributed by atoms with Crippen LogP contribution in [0.15, 0.2) is 22.7 Å². The van der Waals surface area contributed by atoms with Crippen LogP contribution < -0.4 is 0 Å². The average Bonchev–Trinajstić information content (AvgIpc) is 3.11. The van der Waals surface area contributed by atoms with Crippen molar-refractivity contribution in [2.45, 2.75) is 38.2 Å². The van der Waals surface area contributed by atoms with E-state index in [4.69, 9.17) is 4.74 Å². The summed E-state index contributed by atoms with van der Waals surface area (Å²) in [6.45, 7) is 5.27. The van der Waals surface area contributed by atoms with Crippen LogP contribution >= 0.6 is 15.9 Å². The van der Waals surface area contributed by atoms with Crippen LogP contribution in [0.5, 0.6) is 0 Å². The van der Waals surface area contributed by atoms with E-state index in [-0.39, 0.29) is 10.2 Å². The van der Waals surface area contributed by atoms with Gasteiger partial charge in [0.2, 0.25) is 0 Å². The van der Waals surface area contributed by atoms with E-state index in [9.17, 15) is 20.2 Å². The van der Waals surface area contributed by atoms with Crippen LogP contribution in [0.4, 0.5) is 5.69 Å². The molecule has 1 aromatic rings. The maximum absolute atomic E-state index is 12.5. The standard InChI is InChI=1S/C15H15BrN2O4/c1-14(2,3)22-13(19)15(7-10(15)8-17)9-4-5-12(18(20)21)11(16)6-9/h4-6,10H,7H2,1-3H3. The normalized spacial score (nSPS) is 23.5. The number of hydrogen-bond acceptors (Lipinski definition) is 5. The Balaban J connectivity index is 2.42. The van der Waals surface area contributed by atoms with Crippen LogP contribution in [-0.4, -0.2) is 16.5 Å². The highest BCUT2D eigenvalue weighted by atomic mass is 79.9. The van der Waals surface area contributed by atoms with Gasteiger partial charge in [-0.15, -0.1) is 0 Å². The van der Waals surface area contributed by atoms with Crippen molar-refractivity contribution in [1.82, 2.24) is 0 Å². The van der Waals surface area contributed by atoms with E-state index in [0.29, 0.717) is 12.0 Å². The topological polar surface area (TPSA) is 93.2 Å². The minimum atomic E-state index is -1.03. The van der Waals surface area contributed by atoms with Crippen molar-refractivity contribution in [3.63, 3.8) is 0 Å². The fourth-order valence-corrected chi connectivity index (χ4v) is 2.91. The lowest BCUT2D eigenvalue weighted by molar-refractivity contribution is -0.385. The van der Waals surface area contributed by atoms with Gasteiger partial charge in [0.1, 0.15) is 11.0 Å². The molecule has 0 amide bonds. The first-order valence-electron chi connectivity index (χ1n) is 6.69. The van der Waals surface area contributed by atoms with Crippen molar-refractivity contribution in [1.29, 1.82) is 5.26 Å². The fourth-order valence-electron chi connectivity index (χ4n) is 2.38. The lowest BCUT2D eigenvalue weighted by Gasteiger charge is -2.24. The maximum Gasteiger partial charge on any atom is 0.318 e. The Morgan fingerprint density at radius 1 is 1.55 bits per heavy atom. The number of nitrogens with zero attached hydrogens (tertiary/aromatic N) is 2. The summed E-state index contributed by atoms with van der Waals surface area (Å²) in [5, 5.41) is 20.1. The van der Waals surface area contributed by atoms with Crippen molar-refractivity contribution < 1.29 is 14.5 Å². The first-order chi connectivity index (χ1) is 10.1. The number of carbonyl (C=O) groups is 1. The first-order valence-corrected chi connectivity index (χ1v) is 7.48. The molecule has 0 bridgehead atoms. The molecule has 7 heteroatoms. The summed E-state index contributed by atoms with van der Waals surface area (Å²) < 4.78 is 5.71. The molecule has 0 aromatic heterocycles. The number of hydrogen-bond donors (Lipinski definition) is 0. The van der Waals surface area contributed by atoms with E-state index in [0.717, 1.165) is 0 Å². The Morgan fingerprint density at radius 3 is 2.59 bits per heavy atom. The smallest absolute Gasteiger partial charge is 0.318 e. The number of esters is 1. The van der Waals surface area contributed by atoms with Crippen LogP contribution in [0, 0.1) is 27.4 Å². The molecule has 0 heterocycles. The van der Waals surface area contributed by atoms with Gasteiger partial charge in [0.25, 0.3) is 5.69 Å². The molecule has 0 aliphatic heterocycles. The third kappa shape index (κ3) is 2.83. The van der Waals surface area contributed by atoms with Crippen LogP contribution in [0.1, 0.15) is 32.8 Å². The summed E-state index contributed by atoms with van der Waals surface area (Å²) in [7, 11) is 0. The van der Waals surface area contributed by atoms with Crippen LogP contribution in [-0.2, 0) is 14.9 Å². The molecule has 6 nitrogen and oxygen atoms in total. The summed E-state index contributed by atoms with van der Waals surface area (Å²) in [5.74, 6) is -0.942. The molecular weight excluding hydrogens is 352 g/mol. The van der Waals surface area contributed by atoms with Crippen molar-refractivity contribution in [2.75, 3.05) is 0 Å². The van der Waals surface area contributed by atoms with Gasteiger partial charge in [-0.25, -0.2) is 0 Å². The lowest BCUT2D eigenvalue weighted by atomic mass is 9.93. The molecule has 1 saturated carbocycles. The van der Waals surface area contributed by atoms with E-state index in [1.165, 1.54) is 18.2 Å². The fraction of sp³-hybridized carbons (Fsp3) is 0.467. The molecule has 0 saturated heterocycles. The average molecular weight is 367 g/mol. The molecule has 1 aliphatic carbocycles. The minimum absolute atomic E-state index is 0.0859. The first kappa shape index (κ1) is 16.4. The predicted octanol–water partition coefficient (Wildman–Crippen LogP) is 3.48. The number of rotatable bonds is 3. The Labute approximate surface area is 136 Å². The number of carbonyl (C=O) groups excluding carboxylic acids is 1. The second-order valence-electron chi connectivity index (χ2n) is 6.28. The molecule has 2 unspecified atom stereocenters. The van der Waals surface area contributed by atoms with Gasteiger partial charge in [0.15, 0.2) is 0 Å². The van der Waals surface area contributed by atoms with Crippen LogP contribution in [0.3, 0.4) is 0 Å². The van der Waals surface area contributed by atoms with Gasteiger partial charge in [-0.3, -0.25) is 14.9 Å². The molecule has 1 fully saturated rings. The van der Waals surface area contributed by atoms with E-state index < -0.39 is 27.8 Å². The third-order valence-corrected chi connectivity index (χ3v) is 4.17. The van der Waals surface area contributed by atoms with E-state index in [2.05, 4.69) is 22.0 Å². The number of halogens is 1. The monoisotopic (exact) mass is 366 g/mol. The molecule has 2 rings (SSSR count). The predicted molar refractivity (Wildman–Crippen MR) is 82.0 cm³/mol. The Bertz CT molecular complexity index is 690. The third-order valence-electron chi connectivity index (χ3n) is 3.54. The van der Waals surface area contributed by atoms with E-state index in [1.807, 2.05) is 0 Å². The molecule has 0 spiro atoms. The summed E-state index contributed by atoms with van der Waals surface area (Å²) in [5.41, 5.74) is -1.22. The highest BCUT2D eigenvalue weighted by Crippen LogP contribution is 2.56. The van der Waals surface area contributed by atoms with Crippen LogP contribution in [0.25, 0.3) is 0 Å². The van der Waals surface area contributed by atoms with Gasteiger partial charge in [-0.1, -0.05) is 6.07 Å². The molecule has 116 valence electrons. The number of nitriles is 1. The maximum atomic E-state index is 12.5. The van der Waals surface area contributed by atoms with Crippen molar-refractivity contribution >= 4 is 27.6 Å². The zero-order valence-electron chi connectivity index (χ0n) is 12.4. The Kier molecular flexibility index (Phi) is 4.00. The van der Waals surface area contributed by atoms with Gasteiger partial charge in [0.05, 0.1) is 21.4 Å².